The van der Waals surface area contributed by atoms with Crippen molar-refractivity contribution in [3.63, 3.8) is 0 Å². The minimum Gasteiger partial charge on any atom is -0.511 e. The normalized spacial score (nSPS) is 11.8. The molecule has 1 aromatic heterocycles. The summed E-state index contributed by atoms with van der Waals surface area (Å²) in [5.41, 5.74) is 9.27. The standard InChI is InChI=1S/C14H18N2OS.C2H6/c1-8-11(7-12(15)9(2)17)10-5-4-6-13(18-3)14(10)16-8;1-2/h4-6,12,16-17H,2,7,15H2,1,3H3;1-2H3. The van der Waals surface area contributed by atoms with Gasteiger partial charge in [-0.15, -0.1) is 11.8 Å². The lowest BCUT2D eigenvalue weighted by atomic mass is 10.0. The van der Waals surface area contributed by atoms with Gasteiger partial charge in [0, 0.05) is 16.0 Å². The summed E-state index contributed by atoms with van der Waals surface area (Å²) < 4.78 is 0. The number of rotatable bonds is 4. The lowest BCUT2D eigenvalue weighted by Gasteiger charge is -2.10. The third-order valence-electron chi connectivity index (χ3n) is 3.19. The number of aromatic amines is 1. The molecule has 3 nitrogen and oxygen atoms in total. The fourth-order valence-electron chi connectivity index (χ4n) is 2.15. The Bertz CT molecular complexity index is 589. The van der Waals surface area contributed by atoms with Crippen LogP contribution in [0.5, 0.6) is 0 Å². The van der Waals surface area contributed by atoms with Crippen molar-refractivity contribution >= 4 is 22.7 Å². The molecule has 1 heterocycles. The van der Waals surface area contributed by atoms with Crippen LogP contribution in [0.15, 0.2) is 35.4 Å². The Kier molecular flexibility index (Phi) is 6.17. The summed E-state index contributed by atoms with van der Waals surface area (Å²) >= 11 is 1.72. The lowest BCUT2D eigenvalue weighted by Crippen LogP contribution is -2.24. The van der Waals surface area contributed by atoms with Crippen molar-refractivity contribution in [1.29, 1.82) is 0 Å². The number of aryl methyl sites for hydroxylation is 1. The van der Waals surface area contributed by atoms with Crippen LogP contribution in [0.25, 0.3) is 10.9 Å². The van der Waals surface area contributed by atoms with E-state index in [1.54, 1.807) is 11.8 Å². The molecule has 0 bridgehead atoms. The number of benzene rings is 1. The van der Waals surface area contributed by atoms with Gasteiger partial charge in [0.1, 0.15) is 5.76 Å². The second kappa shape index (κ2) is 7.41. The minimum atomic E-state index is -0.416. The highest BCUT2D eigenvalue weighted by molar-refractivity contribution is 7.98. The van der Waals surface area contributed by atoms with E-state index in [0.29, 0.717) is 6.42 Å². The molecule has 0 aliphatic rings. The highest BCUT2D eigenvalue weighted by Gasteiger charge is 2.15. The van der Waals surface area contributed by atoms with E-state index < -0.39 is 6.04 Å². The number of hydrogen-bond donors (Lipinski definition) is 3. The number of aromatic nitrogens is 1. The molecule has 1 aromatic carbocycles. The Labute approximate surface area is 125 Å². The first-order valence-corrected chi connectivity index (χ1v) is 8.04. The molecule has 20 heavy (non-hydrogen) atoms. The zero-order valence-corrected chi connectivity index (χ0v) is 13.5. The van der Waals surface area contributed by atoms with Gasteiger partial charge in [-0.3, -0.25) is 0 Å². The fourth-order valence-corrected chi connectivity index (χ4v) is 2.73. The monoisotopic (exact) mass is 292 g/mol. The van der Waals surface area contributed by atoms with E-state index in [-0.39, 0.29) is 5.76 Å². The van der Waals surface area contributed by atoms with Crippen molar-refractivity contribution in [1.82, 2.24) is 4.98 Å². The molecule has 0 aliphatic heterocycles. The Balaban J connectivity index is 0.000000956. The zero-order chi connectivity index (χ0) is 15.3. The number of H-pyrrole nitrogens is 1. The molecule has 2 aromatic rings. The molecule has 0 spiro atoms. The highest BCUT2D eigenvalue weighted by atomic mass is 32.2. The third kappa shape index (κ3) is 3.38. The number of thioether (sulfide) groups is 1. The van der Waals surface area contributed by atoms with Crippen LogP contribution in [0.3, 0.4) is 0 Å². The molecule has 0 amide bonds. The Morgan fingerprint density at radius 2 is 2.10 bits per heavy atom. The van der Waals surface area contributed by atoms with Gasteiger partial charge in [-0.1, -0.05) is 32.6 Å². The maximum Gasteiger partial charge on any atom is 0.102 e. The van der Waals surface area contributed by atoms with Gasteiger partial charge in [0.05, 0.1) is 11.6 Å². The SMILES string of the molecule is C=C(O)C(N)Cc1c(C)[nH]c2c(SC)cccc12.CC. The Morgan fingerprint density at radius 1 is 1.45 bits per heavy atom. The number of aliphatic hydroxyl groups is 1. The highest BCUT2D eigenvalue weighted by Crippen LogP contribution is 2.30. The van der Waals surface area contributed by atoms with E-state index in [9.17, 15) is 5.11 Å². The van der Waals surface area contributed by atoms with Crippen LogP contribution in [0, 0.1) is 6.92 Å². The lowest BCUT2D eigenvalue weighted by molar-refractivity contribution is 0.368. The van der Waals surface area contributed by atoms with Gasteiger partial charge in [0.15, 0.2) is 0 Å². The van der Waals surface area contributed by atoms with Gasteiger partial charge in [0.2, 0.25) is 0 Å². The van der Waals surface area contributed by atoms with Crippen LogP contribution in [0.1, 0.15) is 25.1 Å². The first kappa shape index (κ1) is 16.7. The molecule has 1 atom stereocenters. The van der Waals surface area contributed by atoms with Gasteiger partial charge in [-0.25, -0.2) is 0 Å². The van der Waals surface area contributed by atoms with E-state index >= 15 is 0 Å². The van der Waals surface area contributed by atoms with E-state index in [1.807, 2.05) is 26.8 Å². The van der Waals surface area contributed by atoms with Gasteiger partial charge in [-0.05, 0) is 31.2 Å². The average Bonchev–Trinajstić information content (AvgIpc) is 2.77. The molecular formula is C16H24N2OS. The number of hydrogen-bond acceptors (Lipinski definition) is 3. The van der Waals surface area contributed by atoms with Crippen molar-refractivity contribution in [3.8, 4) is 0 Å². The van der Waals surface area contributed by atoms with Gasteiger partial charge >= 0.3 is 0 Å². The first-order chi connectivity index (χ1) is 9.54. The zero-order valence-electron chi connectivity index (χ0n) is 12.7. The van der Waals surface area contributed by atoms with Crippen molar-refractivity contribution in [3.05, 3.63) is 41.8 Å². The summed E-state index contributed by atoms with van der Waals surface area (Å²) in [5, 5.41) is 10.5. The quantitative estimate of drug-likeness (QED) is 0.585. The number of fused-ring (bicyclic) bond motifs is 1. The average molecular weight is 292 g/mol. The minimum absolute atomic E-state index is 0.0322. The Hall–Kier alpha value is -1.39. The van der Waals surface area contributed by atoms with Crippen LogP contribution >= 0.6 is 11.8 Å². The molecule has 0 radical (unpaired) electrons. The number of nitrogens with one attached hydrogen (secondary N) is 1. The summed E-state index contributed by atoms with van der Waals surface area (Å²) in [6, 6.07) is 5.81. The molecule has 110 valence electrons. The van der Waals surface area contributed by atoms with Crippen molar-refractivity contribution in [2.24, 2.45) is 5.73 Å². The second-order valence-corrected chi connectivity index (χ2v) is 5.26. The van der Waals surface area contributed by atoms with Crippen molar-refractivity contribution in [2.75, 3.05) is 6.26 Å². The summed E-state index contributed by atoms with van der Waals surface area (Å²) in [6.07, 6.45) is 2.66. The van der Waals surface area contributed by atoms with Crippen molar-refractivity contribution < 1.29 is 5.11 Å². The molecule has 0 aliphatic carbocycles. The number of nitrogens with two attached hydrogens (primary N) is 1. The fraction of sp³-hybridized carbons (Fsp3) is 0.375. The summed E-state index contributed by atoms with van der Waals surface area (Å²) in [6.45, 7) is 9.53. The van der Waals surface area contributed by atoms with E-state index in [1.165, 1.54) is 10.3 Å². The van der Waals surface area contributed by atoms with Crippen LogP contribution in [0.4, 0.5) is 0 Å². The molecule has 0 saturated heterocycles. The number of aliphatic hydroxyl groups excluding tert-OH is 1. The molecule has 2 rings (SSSR count). The second-order valence-electron chi connectivity index (χ2n) is 4.41. The third-order valence-corrected chi connectivity index (χ3v) is 3.97. The summed E-state index contributed by atoms with van der Waals surface area (Å²) in [4.78, 5) is 4.62. The van der Waals surface area contributed by atoms with E-state index in [2.05, 4.69) is 30.0 Å². The predicted molar refractivity (Wildman–Crippen MR) is 89.6 cm³/mol. The van der Waals surface area contributed by atoms with Crippen LogP contribution in [0.2, 0.25) is 0 Å². The summed E-state index contributed by atoms with van der Waals surface area (Å²) in [5.74, 6) is 0.0322. The van der Waals surface area contributed by atoms with Gasteiger partial charge in [-0.2, -0.15) is 0 Å². The maximum absolute atomic E-state index is 9.35. The molecule has 0 fully saturated rings. The van der Waals surface area contributed by atoms with E-state index in [4.69, 9.17) is 5.73 Å². The molecule has 4 heteroatoms. The summed E-state index contributed by atoms with van der Waals surface area (Å²) in [7, 11) is 0. The van der Waals surface area contributed by atoms with Crippen LogP contribution in [-0.4, -0.2) is 22.4 Å². The molecule has 4 N–H and O–H groups in total. The van der Waals surface area contributed by atoms with Gasteiger partial charge < -0.3 is 15.8 Å². The molecule has 1 unspecified atom stereocenters. The molecular weight excluding hydrogens is 268 g/mol. The topological polar surface area (TPSA) is 62.0 Å². The van der Waals surface area contributed by atoms with Crippen LogP contribution < -0.4 is 5.73 Å². The predicted octanol–water partition coefficient (Wildman–Crippen LogP) is 4.17. The largest absolute Gasteiger partial charge is 0.511 e. The van der Waals surface area contributed by atoms with Crippen LogP contribution in [-0.2, 0) is 6.42 Å². The van der Waals surface area contributed by atoms with Gasteiger partial charge in [0.25, 0.3) is 0 Å². The number of para-hydroxylation sites is 1. The smallest absolute Gasteiger partial charge is 0.102 e. The Morgan fingerprint density at radius 3 is 2.65 bits per heavy atom. The first-order valence-electron chi connectivity index (χ1n) is 6.82. The van der Waals surface area contributed by atoms with Crippen molar-refractivity contribution in [2.45, 2.75) is 38.1 Å². The maximum atomic E-state index is 9.35. The van der Waals surface area contributed by atoms with E-state index in [0.717, 1.165) is 16.8 Å². The molecule has 0 saturated carbocycles.